The molecule has 3 N–H and O–H groups in total. The topological polar surface area (TPSA) is 85.2 Å². The lowest BCUT2D eigenvalue weighted by molar-refractivity contribution is 0.120. The zero-order valence-electron chi connectivity index (χ0n) is 8.65. The molecule has 16 heavy (non-hydrogen) atoms. The van der Waals surface area contributed by atoms with Gasteiger partial charge in [0.1, 0.15) is 6.10 Å². The highest BCUT2D eigenvalue weighted by Crippen LogP contribution is 2.16. The van der Waals surface area contributed by atoms with Gasteiger partial charge in [0.2, 0.25) is 0 Å². The zero-order chi connectivity index (χ0) is 11.4. The number of oxazole rings is 1. The van der Waals surface area contributed by atoms with E-state index in [0.717, 1.165) is 5.69 Å². The Bertz CT molecular complexity index is 416. The first-order valence-electron chi connectivity index (χ1n) is 4.99. The van der Waals surface area contributed by atoms with Crippen LogP contribution in [-0.4, -0.2) is 21.1 Å². The molecule has 0 bridgehead atoms. The molecule has 2 heterocycles. The van der Waals surface area contributed by atoms with Gasteiger partial charge in [-0.2, -0.15) is 0 Å². The van der Waals surface area contributed by atoms with E-state index in [1.807, 2.05) is 18.2 Å². The maximum atomic E-state index is 9.85. The van der Waals surface area contributed by atoms with E-state index < -0.39 is 12.1 Å². The van der Waals surface area contributed by atoms with Crippen molar-refractivity contribution in [2.24, 2.45) is 5.73 Å². The summed E-state index contributed by atoms with van der Waals surface area (Å²) in [6, 6.07) is 5.13. The standard InChI is InChI=1S/C11H13N3O2/c12-9(5-8-3-1-2-4-14-8)11(15)10-6-13-7-16-10/h1-4,6-7,9,11,15H,5,12H2. The highest BCUT2D eigenvalue weighted by Gasteiger charge is 2.20. The number of hydrogen-bond donors (Lipinski definition) is 2. The van der Waals surface area contributed by atoms with Crippen LogP contribution in [0.1, 0.15) is 17.6 Å². The third kappa shape index (κ3) is 2.44. The summed E-state index contributed by atoms with van der Waals surface area (Å²) in [5, 5.41) is 9.85. The molecule has 5 nitrogen and oxygen atoms in total. The summed E-state index contributed by atoms with van der Waals surface area (Å²) in [4.78, 5) is 7.88. The quantitative estimate of drug-likeness (QED) is 0.789. The average Bonchev–Trinajstić information content (AvgIpc) is 2.83. The summed E-state index contributed by atoms with van der Waals surface area (Å²) in [5.74, 6) is 0.378. The van der Waals surface area contributed by atoms with E-state index in [9.17, 15) is 5.11 Å². The summed E-state index contributed by atoms with van der Waals surface area (Å²) in [5.41, 5.74) is 6.70. The van der Waals surface area contributed by atoms with Gasteiger partial charge in [0.05, 0.1) is 6.20 Å². The predicted molar refractivity (Wildman–Crippen MR) is 57.4 cm³/mol. The monoisotopic (exact) mass is 219 g/mol. The molecular weight excluding hydrogens is 206 g/mol. The van der Waals surface area contributed by atoms with Crippen LogP contribution in [0.5, 0.6) is 0 Å². The Labute approximate surface area is 93.0 Å². The van der Waals surface area contributed by atoms with E-state index in [4.69, 9.17) is 10.2 Å². The fourth-order valence-corrected chi connectivity index (χ4v) is 1.45. The Morgan fingerprint density at radius 3 is 2.94 bits per heavy atom. The van der Waals surface area contributed by atoms with Crippen molar-refractivity contribution in [3.05, 3.63) is 48.4 Å². The van der Waals surface area contributed by atoms with Crippen LogP contribution in [0.3, 0.4) is 0 Å². The van der Waals surface area contributed by atoms with Gasteiger partial charge in [0, 0.05) is 24.4 Å². The molecule has 0 saturated heterocycles. The molecule has 2 aromatic heterocycles. The van der Waals surface area contributed by atoms with Crippen LogP contribution in [-0.2, 0) is 6.42 Å². The first-order valence-corrected chi connectivity index (χ1v) is 4.99. The van der Waals surface area contributed by atoms with E-state index in [1.165, 1.54) is 12.6 Å². The molecule has 2 unspecified atom stereocenters. The molecule has 2 aromatic rings. The summed E-state index contributed by atoms with van der Waals surface area (Å²) in [7, 11) is 0. The van der Waals surface area contributed by atoms with Gasteiger partial charge in [0.15, 0.2) is 12.2 Å². The number of aliphatic hydroxyl groups is 1. The van der Waals surface area contributed by atoms with Gasteiger partial charge in [-0.1, -0.05) is 6.07 Å². The van der Waals surface area contributed by atoms with E-state index >= 15 is 0 Å². The Balaban J connectivity index is 2.01. The molecule has 84 valence electrons. The third-order valence-electron chi connectivity index (χ3n) is 2.32. The second-order valence-electron chi connectivity index (χ2n) is 3.54. The van der Waals surface area contributed by atoms with Crippen molar-refractivity contribution in [1.29, 1.82) is 0 Å². The fraction of sp³-hybridized carbons (Fsp3) is 0.273. The first kappa shape index (κ1) is 10.8. The maximum absolute atomic E-state index is 9.85. The Morgan fingerprint density at radius 2 is 2.31 bits per heavy atom. The molecule has 0 aliphatic heterocycles. The fourth-order valence-electron chi connectivity index (χ4n) is 1.45. The smallest absolute Gasteiger partial charge is 0.180 e. The number of aromatic nitrogens is 2. The minimum Gasteiger partial charge on any atom is -0.446 e. The van der Waals surface area contributed by atoms with Crippen LogP contribution >= 0.6 is 0 Å². The van der Waals surface area contributed by atoms with Crippen LogP contribution in [0.25, 0.3) is 0 Å². The van der Waals surface area contributed by atoms with Crippen molar-refractivity contribution in [3.8, 4) is 0 Å². The molecule has 0 fully saturated rings. The Kier molecular flexibility index (Phi) is 3.28. The van der Waals surface area contributed by atoms with Crippen LogP contribution in [0.2, 0.25) is 0 Å². The largest absolute Gasteiger partial charge is 0.446 e. The highest BCUT2D eigenvalue weighted by atomic mass is 16.4. The third-order valence-corrected chi connectivity index (χ3v) is 2.32. The number of hydrogen-bond acceptors (Lipinski definition) is 5. The summed E-state index contributed by atoms with van der Waals surface area (Å²) >= 11 is 0. The molecule has 0 amide bonds. The van der Waals surface area contributed by atoms with Crippen molar-refractivity contribution < 1.29 is 9.52 Å². The number of pyridine rings is 1. The van der Waals surface area contributed by atoms with Crippen molar-refractivity contribution >= 4 is 0 Å². The van der Waals surface area contributed by atoms with Gasteiger partial charge >= 0.3 is 0 Å². The second kappa shape index (κ2) is 4.87. The normalized spacial score (nSPS) is 14.6. The SMILES string of the molecule is NC(Cc1ccccn1)C(O)c1cnco1. The van der Waals surface area contributed by atoms with Crippen molar-refractivity contribution in [2.45, 2.75) is 18.6 Å². The summed E-state index contributed by atoms with van der Waals surface area (Å²) in [6.45, 7) is 0. The summed E-state index contributed by atoms with van der Waals surface area (Å²) < 4.78 is 4.99. The van der Waals surface area contributed by atoms with Gasteiger partial charge in [-0.05, 0) is 12.1 Å². The van der Waals surface area contributed by atoms with Crippen LogP contribution in [0.4, 0.5) is 0 Å². The second-order valence-corrected chi connectivity index (χ2v) is 3.54. The van der Waals surface area contributed by atoms with Gasteiger partial charge in [-0.15, -0.1) is 0 Å². The summed E-state index contributed by atoms with van der Waals surface area (Å²) in [6.07, 6.45) is 4.06. The molecule has 0 radical (unpaired) electrons. The molecular formula is C11H13N3O2. The minimum atomic E-state index is -0.857. The lowest BCUT2D eigenvalue weighted by Gasteiger charge is -2.15. The highest BCUT2D eigenvalue weighted by molar-refractivity contribution is 5.07. The lowest BCUT2D eigenvalue weighted by atomic mass is 10.0. The van der Waals surface area contributed by atoms with Crippen LogP contribution in [0.15, 0.2) is 41.4 Å². The molecule has 0 aliphatic carbocycles. The molecule has 0 spiro atoms. The zero-order valence-corrected chi connectivity index (χ0v) is 8.65. The number of nitrogens with zero attached hydrogens (tertiary/aromatic N) is 2. The first-order chi connectivity index (χ1) is 7.77. The average molecular weight is 219 g/mol. The lowest BCUT2D eigenvalue weighted by Crippen LogP contribution is -2.30. The van der Waals surface area contributed by atoms with Crippen molar-refractivity contribution in [1.82, 2.24) is 9.97 Å². The molecule has 2 atom stereocenters. The van der Waals surface area contributed by atoms with Gasteiger partial charge in [0.25, 0.3) is 0 Å². The van der Waals surface area contributed by atoms with Gasteiger partial charge in [-0.3, -0.25) is 4.98 Å². The number of nitrogens with two attached hydrogens (primary N) is 1. The molecule has 0 saturated carbocycles. The molecule has 0 aliphatic rings. The molecule has 5 heteroatoms. The number of rotatable bonds is 4. The maximum Gasteiger partial charge on any atom is 0.180 e. The van der Waals surface area contributed by atoms with Crippen molar-refractivity contribution in [2.75, 3.05) is 0 Å². The van der Waals surface area contributed by atoms with Crippen LogP contribution < -0.4 is 5.73 Å². The van der Waals surface area contributed by atoms with E-state index in [-0.39, 0.29) is 0 Å². The Morgan fingerprint density at radius 1 is 1.44 bits per heavy atom. The van der Waals surface area contributed by atoms with Crippen LogP contribution in [0, 0.1) is 0 Å². The van der Waals surface area contributed by atoms with Crippen molar-refractivity contribution in [3.63, 3.8) is 0 Å². The van der Waals surface area contributed by atoms with Gasteiger partial charge in [-0.25, -0.2) is 4.98 Å². The Hall–Kier alpha value is -1.72. The predicted octanol–water partition coefficient (Wildman–Crippen LogP) is 0.673. The number of aliphatic hydroxyl groups excluding tert-OH is 1. The molecule has 0 aromatic carbocycles. The molecule has 2 rings (SSSR count). The van der Waals surface area contributed by atoms with E-state index in [0.29, 0.717) is 12.2 Å². The van der Waals surface area contributed by atoms with E-state index in [2.05, 4.69) is 9.97 Å². The minimum absolute atomic E-state index is 0.378. The van der Waals surface area contributed by atoms with Gasteiger partial charge < -0.3 is 15.3 Å². The van der Waals surface area contributed by atoms with E-state index in [1.54, 1.807) is 6.20 Å².